The maximum Gasteiger partial charge on any atom is 0.322 e. The van der Waals surface area contributed by atoms with Crippen molar-refractivity contribution in [3.63, 3.8) is 0 Å². The van der Waals surface area contributed by atoms with Gasteiger partial charge in [-0.25, -0.2) is 0 Å². The summed E-state index contributed by atoms with van der Waals surface area (Å²) in [5.74, 6) is -0.277. The summed E-state index contributed by atoms with van der Waals surface area (Å²) in [5, 5.41) is 9.35. The van der Waals surface area contributed by atoms with Crippen molar-refractivity contribution in [2.75, 3.05) is 7.11 Å². The molecule has 1 fully saturated rings. The summed E-state index contributed by atoms with van der Waals surface area (Å²) in [6, 6.07) is 0. The summed E-state index contributed by atoms with van der Waals surface area (Å²) < 4.78 is 4.00. The Balaban J connectivity index is 2.63. The minimum absolute atomic E-state index is 0.277. The van der Waals surface area contributed by atoms with Gasteiger partial charge in [-0.15, -0.1) is 0 Å². The van der Waals surface area contributed by atoms with E-state index in [0.717, 1.165) is 19.3 Å². The van der Waals surface area contributed by atoms with E-state index in [1.165, 1.54) is 7.11 Å². The topological polar surface area (TPSA) is 46.5 Å². The first-order chi connectivity index (χ1) is 5.58. The minimum atomic E-state index is -0.639. The second kappa shape index (κ2) is 3.75. The normalized spacial score (nSPS) is 36.1. The average Bonchev–Trinajstić information content (AvgIpc) is 2.02. The fraction of sp³-hybridized carbons (Fsp3) is 0.875. The number of ether oxygens (including phenoxy) is 1. The molecule has 2 atom stereocenters. The van der Waals surface area contributed by atoms with E-state index in [9.17, 15) is 9.90 Å². The SMILES string of the molecule is COC(=O)C1(Br)CCCC(O)C1. The van der Waals surface area contributed by atoms with Crippen molar-refractivity contribution < 1.29 is 14.6 Å². The van der Waals surface area contributed by atoms with Crippen LogP contribution < -0.4 is 0 Å². The molecular formula is C8H13BrO3. The van der Waals surface area contributed by atoms with Gasteiger partial charge in [-0.2, -0.15) is 0 Å². The molecule has 1 aliphatic rings. The highest BCUT2D eigenvalue weighted by atomic mass is 79.9. The van der Waals surface area contributed by atoms with Crippen LogP contribution in [0.2, 0.25) is 0 Å². The molecule has 0 heterocycles. The molecule has 0 amide bonds. The summed E-state index contributed by atoms with van der Waals surface area (Å²) >= 11 is 3.33. The average molecular weight is 237 g/mol. The maximum atomic E-state index is 11.3. The van der Waals surface area contributed by atoms with E-state index in [2.05, 4.69) is 20.7 Å². The molecule has 0 saturated heterocycles. The number of halogens is 1. The molecule has 0 radical (unpaired) electrons. The van der Waals surface area contributed by atoms with Crippen LogP contribution in [-0.2, 0) is 9.53 Å². The molecule has 2 unspecified atom stereocenters. The maximum absolute atomic E-state index is 11.3. The van der Waals surface area contributed by atoms with Gasteiger partial charge in [-0.3, -0.25) is 4.79 Å². The molecule has 12 heavy (non-hydrogen) atoms. The molecule has 1 rings (SSSR count). The number of aliphatic hydroxyl groups is 1. The third-order valence-electron chi connectivity index (χ3n) is 2.22. The Morgan fingerprint density at radius 1 is 1.75 bits per heavy atom. The summed E-state index contributed by atoms with van der Waals surface area (Å²) in [6.07, 6.45) is 2.47. The van der Waals surface area contributed by atoms with Crippen LogP contribution in [0.5, 0.6) is 0 Å². The summed E-state index contributed by atoms with van der Waals surface area (Å²) in [7, 11) is 1.37. The number of rotatable bonds is 1. The van der Waals surface area contributed by atoms with Crippen LogP contribution >= 0.6 is 15.9 Å². The quantitative estimate of drug-likeness (QED) is 0.551. The van der Waals surface area contributed by atoms with Crippen LogP contribution in [0.15, 0.2) is 0 Å². The fourth-order valence-electron chi connectivity index (χ4n) is 1.56. The lowest BCUT2D eigenvalue weighted by molar-refractivity contribution is -0.145. The molecule has 0 spiro atoms. The van der Waals surface area contributed by atoms with Crippen LogP contribution in [-0.4, -0.2) is 28.6 Å². The molecular weight excluding hydrogens is 224 g/mol. The summed E-state index contributed by atoms with van der Waals surface area (Å²) in [6.45, 7) is 0. The molecule has 70 valence electrons. The van der Waals surface area contributed by atoms with Crippen LogP contribution in [0.25, 0.3) is 0 Å². The highest BCUT2D eigenvalue weighted by Gasteiger charge is 2.40. The van der Waals surface area contributed by atoms with E-state index >= 15 is 0 Å². The van der Waals surface area contributed by atoms with Crippen molar-refractivity contribution in [1.82, 2.24) is 0 Å². The fourth-order valence-corrected chi connectivity index (χ4v) is 2.38. The van der Waals surface area contributed by atoms with Crippen molar-refractivity contribution in [2.45, 2.75) is 36.1 Å². The van der Waals surface area contributed by atoms with Gasteiger partial charge in [-0.1, -0.05) is 15.9 Å². The Bertz CT molecular complexity index is 183. The number of carbonyl (C=O) groups is 1. The number of aliphatic hydroxyl groups excluding tert-OH is 1. The molecule has 1 aliphatic carbocycles. The Kier molecular flexibility index (Phi) is 3.12. The predicted molar refractivity (Wildman–Crippen MR) is 48.1 cm³/mol. The van der Waals surface area contributed by atoms with Gasteiger partial charge < -0.3 is 9.84 Å². The third-order valence-corrected chi connectivity index (χ3v) is 3.26. The number of esters is 1. The van der Waals surface area contributed by atoms with Gasteiger partial charge in [0.15, 0.2) is 0 Å². The number of hydrogen-bond donors (Lipinski definition) is 1. The molecule has 1 saturated carbocycles. The molecule has 0 aromatic carbocycles. The molecule has 4 heteroatoms. The molecule has 3 nitrogen and oxygen atoms in total. The first-order valence-corrected chi connectivity index (χ1v) is 4.83. The number of hydrogen-bond acceptors (Lipinski definition) is 3. The van der Waals surface area contributed by atoms with Crippen molar-refractivity contribution in [3.8, 4) is 0 Å². The Labute approximate surface area is 80.2 Å². The Hall–Kier alpha value is -0.0900. The van der Waals surface area contributed by atoms with Gasteiger partial charge in [0.2, 0.25) is 0 Å². The van der Waals surface area contributed by atoms with E-state index in [0.29, 0.717) is 6.42 Å². The molecule has 0 aliphatic heterocycles. The molecule has 0 aromatic heterocycles. The predicted octanol–water partition coefficient (Wildman–Crippen LogP) is 1.23. The van der Waals surface area contributed by atoms with Crippen molar-refractivity contribution >= 4 is 21.9 Å². The monoisotopic (exact) mass is 236 g/mol. The van der Waals surface area contributed by atoms with E-state index in [-0.39, 0.29) is 12.1 Å². The van der Waals surface area contributed by atoms with Gasteiger partial charge in [-0.05, 0) is 25.7 Å². The molecule has 1 N–H and O–H groups in total. The Morgan fingerprint density at radius 2 is 2.42 bits per heavy atom. The first-order valence-electron chi connectivity index (χ1n) is 4.04. The van der Waals surface area contributed by atoms with E-state index < -0.39 is 4.32 Å². The van der Waals surface area contributed by atoms with Crippen molar-refractivity contribution in [2.24, 2.45) is 0 Å². The van der Waals surface area contributed by atoms with Crippen LogP contribution in [0.3, 0.4) is 0 Å². The standard InChI is InChI=1S/C8H13BrO3/c1-12-7(11)8(9)4-2-3-6(10)5-8/h6,10H,2-5H2,1H3. The minimum Gasteiger partial charge on any atom is -0.468 e. The van der Waals surface area contributed by atoms with Crippen LogP contribution in [0.1, 0.15) is 25.7 Å². The van der Waals surface area contributed by atoms with E-state index in [4.69, 9.17) is 0 Å². The second-order valence-electron chi connectivity index (χ2n) is 3.21. The lowest BCUT2D eigenvalue weighted by Gasteiger charge is -2.31. The highest BCUT2D eigenvalue weighted by molar-refractivity contribution is 9.10. The highest BCUT2D eigenvalue weighted by Crippen LogP contribution is 2.36. The molecule has 0 bridgehead atoms. The zero-order chi connectivity index (χ0) is 9.19. The lowest BCUT2D eigenvalue weighted by Crippen LogP contribution is -2.40. The third kappa shape index (κ3) is 1.98. The van der Waals surface area contributed by atoms with E-state index in [1.54, 1.807) is 0 Å². The van der Waals surface area contributed by atoms with Crippen molar-refractivity contribution in [3.05, 3.63) is 0 Å². The van der Waals surface area contributed by atoms with Gasteiger partial charge in [0, 0.05) is 0 Å². The number of carbonyl (C=O) groups excluding carboxylic acids is 1. The zero-order valence-corrected chi connectivity index (χ0v) is 8.63. The summed E-state index contributed by atoms with van der Waals surface area (Å²) in [5.41, 5.74) is 0. The smallest absolute Gasteiger partial charge is 0.322 e. The number of methoxy groups -OCH3 is 1. The van der Waals surface area contributed by atoms with Crippen LogP contribution in [0.4, 0.5) is 0 Å². The first kappa shape index (κ1) is 9.99. The van der Waals surface area contributed by atoms with Crippen LogP contribution in [0, 0.1) is 0 Å². The van der Waals surface area contributed by atoms with Gasteiger partial charge >= 0.3 is 5.97 Å². The summed E-state index contributed by atoms with van der Waals surface area (Å²) in [4.78, 5) is 11.3. The van der Waals surface area contributed by atoms with Gasteiger partial charge in [0.1, 0.15) is 4.32 Å². The van der Waals surface area contributed by atoms with Gasteiger partial charge in [0.05, 0.1) is 13.2 Å². The number of alkyl halides is 1. The van der Waals surface area contributed by atoms with Crippen molar-refractivity contribution in [1.29, 1.82) is 0 Å². The largest absolute Gasteiger partial charge is 0.468 e. The van der Waals surface area contributed by atoms with Gasteiger partial charge in [0.25, 0.3) is 0 Å². The van der Waals surface area contributed by atoms with E-state index in [1.807, 2.05) is 0 Å². The second-order valence-corrected chi connectivity index (χ2v) is 4.73. The Morgan fingerprint density at radius 3 is 2.92 bits per heavy atom. The lowest BCUT2D eigenvalue weighted by atomic mass is 9.87. The molecule has 0 aromatic rings. The zero-order valence-electron chi connectivity index (χ0n) is 7.05.